The SMILES string of the molecule is COc1cc(/C=N/NC(=O)c2ccc[nH]2)cc(O)c1O. The largest absolute Gasteiger partial charge is 0.504 e. The van der Waals surface area contributed by atoms with Gasteiger partial charge in [0.2, 0.25) is 5.75 Å². The summed E-state index contributed by atoms with van der Waals surface area (Å²) in [6, 6.07) is 6.07. The molecule has 0 aliphatic rings. The number of carbonyl (C=O) groups excluding carboxylic acids is 1. The third-order valence-electron chi connectivity index (χ3n) is 2.52. The molecule has 0 spiro atoms. The number of carbonyl (C=O) groups is 1. The molecule has 0 atom stereocenters. The lowest BCUT2D eigenvalue weighted by molar-refractivity contribution is 0.0951. The second-order valence-electron chi connectivity index (χ2n) is 3.87. The molecule has 1 amide bonds. The van der Waals surface area contributed by atoms with Crippen molar-refractivity contribution in [2.75, 3.05) is 7.11 Å². The summed E-state index contributed by atoms with van der Waals surface area (Å²) in [6.45, 7) is 0. The number of aromatic amines is 1. The average molecular weight is 275 g/mol. The van der Waals surface area contributed by atoms with Crippen LogP contribution in [0.2, 0.25) is 0 Å². The zero-order valence-electron chi connectivity index (χ0n) is 10.6. The molecule has 0 aliphatic carbocycles. The van der Waals surface area contributed by atoms with E-state index in [-0.39, 0.29) is 23.2 Å². The third-order valence-corrected chi connectivity index (χ3v) is 2.52. The Morgan fingerprint density at radius 1 is 1.45 bits per heavy atom. The van der Waals surface area contributed by atoms with E-state index in [2.05, 4.69) is 15.5 Å². The minimum absolute atomic E-state index is 0.113. The van der Waals surface area contributed by atoms with Crippen molar-refractivity contribution >= 4 is 12.1 Å². The van der Waals surface area contributed by atoms with Gasteiger partial charge in [-0.15, -0.1) is 0 Å². The van der Waals surface area contributed by atoms with Crippen molar-refractivity contribution < 1.29 is 19.7 Å². The Bertz CT molecular complexity index is 635. The molecular weight excluding hydrogens is 262 g/mol. The Labute approximate surface area is 114 Å². The summed E-state index contributed by atoms with van der Waals surface area (Å²) in [6.07, 6.45) is 2.95. The number of aromatic hydroxyl groups is 2. The number of hydrogen-bond donors (Lipinski definition) is 4. The molecule has 0 saturated heterocycles. The number of phenols is 2. The smallest absolute Gasteiger partial charge is 0.287 e. The summed E-state index contributed by atoms with van der Waals surface area (Å²) in [5.74, 6) is -0.954. The van der Waals surface area contributed by atoms with Crippen molar-refractivity contribution in [1.82, 2.24) is 10.4 Å². The number of nitrogens with one attached hydrogen (secondary N) is 2. The molecule has 7 heteroatoms. The standard InChI is InChI=1S/C13H13N3O4/c1-20-11-6-8(5-10(17)12(11)18)7-15-16-13(19)9-3-2-4-14-9/h2-7,14,17-18H,1H3,(H,16,19)/b15-7+. The van der Waals surface area contributed by atoms with E-state index in [0.29, 0.717) is 11.3 Å². The lowest BCUT2D eigenvalue weighted by atomic mass is 10.2. The van der Waals surface area contributed by atoms with E-state index in [0.717, 1.165) is 0 Å². The molecule has 2 aromatic rings. The van der Waals surface area contributed by atoms with E-state index >= 15 is 0 Å². The highest BCUT2D eigenvalue weighted by molar-refractivity contribution is 5.93. The molecule has 0 saturated carbocycles. The fraction of sp³-hybridized carbons (Fsp3) is 0.0769. The Balaban J connectivity index is 2.08. The number of H-pyrrole nitrogens is 1. The van der Waals surface area contributed by atoms with Crippen molar-refractivity contribution in [3.63, 3.8) is 0 Å². The van der Waals surface area contributed by atoms with Gasteiger partial charge >= 0.3 is 0 Å². The molecule has 0 radical (unpaired) electrons. The van der Waals surface area contributed by atoms with Gasteiger partial charge in [-0.25, -0.2) is 5.43 Å². The van der Waals surface area contributed by atoms with Crippen molar-refractivity contribution in [1.29, 1.82) is 0 Å². The molecule has 20 heavy (non-hydrogen) atoms. The number of benzene rings is 1. The van der Waals surface area contributed by atoms with Crippen molar-refractivity contribution in [3.8, 4) is 17.2 Å². The molecule has 1 aromatic carbocycles. The molecule has 0 bridgehead atoms. The number of hydrogen-bond acceptors (Lipinski definition) is 5. The molecular formula is C13H13N3O4. The van der Waals surface area contributed by atoms with Crippen LogP contribution < -0.4 is 10.2 Å². The predicted octanol–water partition coefficient (Wildman–Crippen LogP) is 1.20. The number of nitrogens with zero attached hydrogens (tertiary/aromatic N) is 1. The molecule has 0 aliphatic heterocycles. The van der Waals surface area contributed by atoms with Gasteiger partial charge in [-0.1, -0.05) is 0 Å². The average Bonchev–Trinajstić information content (AvgIpc) is 2.96. The fourth-order valence-electron chi connectivity index (χ4n) is 1.54. The van der Waals surface area contributed by atoms with Crippen LogP contribution in [-0.4, -0.2) is 34.4 Å². The second-order valence-corrected chi connectivity index (χ2v) is 3.87. The normalized spacial score (nSPS) is 10.7. The molecule has 1 aromatic heterocycles. The summed E-state index contributed by atoms with van der Waals surface area (Å²) < 4.78 is 4.89. The van der Waals surface area contributed by atoms with Gasteiger partial charge in [0.15, 0.2) is 11.5 Å². The fourth-order valence-corrected chi connectivity index (χ4v) is 1.54. The van der Waals surface area contributed by atoms with Crippen LogP contribution in [0.3, 0.4) is 0 Å². The number of amides is 1. The number of rotatable bonds is 4. The first kappa shape index (κ1) is 13.5. The summed E-state index contributed by atoms with van der Waals surface area (Å²) >= 11 is 0. The van der Waals surface area contributed by atoms with Crippen LogP contribution in [-0.2, 0) is 0 Å². The van der Waals surface area contributed by atoms with Gasteiger partial charge in [0.05, 0.1) is 13.3 Å². The zero-order chi connectivity index (χ0) is 14.5. The summed E-state index contributed by atoms with van der Waals surface area (Å²) in [4.78, 5) is 14.3. The highest BCUT2D eigenvalue weighted by Crippen LogP contribution is 2.35. The maximum absolute atomic E-state index is 11.6. The topological polar surface area (TPSA) is 107 Å². The third kappa shape index (κ3) is 2.89. The van der Waals surface area contributed by atoms with Crippen LogP contribution in [0.15, 0.2) is 35.6 Å². The predicted molar refractivity (Wildman–Crippen MR) is 72.2 cm³/mol. The van der Waals surface area contributed by atoms with Crippen LogP contribution >= 0.6 is 0 Å². The molecule has 2 rings (SSSR count). The number of ether oxygens (including phenoxy) is 1. The Kier molecular flexibility index (Phi) is 3.90. The van der Waals surface area contributed by atoms with E-state index in [1.807, 2.05) is 0 Å². The lowest BCUT2D eigenvalue weighted by Crippen LogP contribution is -2.17. The van der Waals surface area contributed by atoms with Crippen molar-refractivity contribution in [2.45, 2.75) is 0 Å². The number of hydrazone groups is 1. The van der Waals surface area contributed by atoms with Crippen LogP contribution in [0.1, 0.15) is 16.1 Å². The molecule has 1 heterocycles. The lowest BCUT2D eigenvalue weighted by Gasteiger charge is -2.06. The van der Waals surface area contributed by atoms with Crippen LogP contribution in [0.4, 0.5) is 0 Å². The molecule has 0 fully saturated rings. The number of aromatic nitrogens is 1. The summed E-state index contributed by atoms with van der Waals surface area (Å²) in [7, 11) is 1.36. The van der Waals surface area contributed by atoms with E-state index in [1.165, 1.54) is 25.5 Å². The first-order valence-corrected chi connectivity index (χ1v) is 5.68. The highest BCUT2D eigenvalue weighted by atomic mass is 16.5. The first-order chi connectivity index (χ1) is 9.61. The Morgan fingerprint density at radius 2 is 2.25 bits per heavy atom. The van der Waals surface area contributed by atoms with E-state index < -0.39 is 0 Å². The van der Waals surface area contributed by atoms with Gasteiger partial charge in [-0.05, 0) is 24.3 Å². The zero-order valence-corrected chi connectivity index (χ0v) is 10.6. The van der Waals surface area contributed by atoms with E-state index in [9.17, 15) is 15.0 Å². The Hall–Kier alpha value is -2.96. The van der Waals surface area contributed by atoms with Gasteiger partial charge in [0.1, 0.15) is 5.69 Å². The van der Waals surface area contributed by atoms with Gasteiger partial charge in [0, 0.05) is 11.8 Å². The van der Waals surface area contributed by atoms with Crippen molar-refractivity contribution in [2.24, 2.45) is 5.10 Å². The van der Waals surface area contributed by atoms with Gasteiger partial charge in [-0.2, -0.15) is 5.10 Å². The number of methoxy groups -OCH3 is 1. The monoisotopic (exact) mass is 275 g/mol. The van der Waals surface area contributed by atoms with E-state index in [1.54, 1.807) is 18.3 Å². The summed E-state index contributed by atoms with van der Waals surface area (Å²) in [5.41, 5.74) is 3.16. The van der Waals surface area contributed by atoms with Crippen LogP contribution in [0, 0.1) is 0 Å². The minimum atomic E-state index is -0.388. The maximum Gasteiger partial charge on any atom is 0.287 e. The molecule has 4 N–H and O–H groups in total. The second kappa shape index (κ2) is 5.79. The highest BCUT2D eigenvalue weighted by Gasteiger charge is 2.08. The molecule has 7 nitrogen and oxygen atoms in total. The van der Waals surface area contributed by atoms with Gasteiger partial charge in [0.25, 0.3) is 5.91 Å². The van der Waals surface area contributed by atoms with Crippen LogP contribution in [0.25, 0.3) is 0 Å². The Morgan fingerprint density at radius 3 is 2.90 bits per heavy atom. The van der Waals surface area contributed by atoms with Gasteiger partial charge in [-0.3, -0.25) is 4.79 Å². The maximum atomic E-state index is 11.6. The summed E-state index contributed by atoms with van der Waals surface area (Å²) in [5, 5.41) is 22.7. The minimum Gasteiger partial charge on any atom is -0.504 e. The first-order valence-electron chi connectivity index (χ1n) is 5.68. The van der Waals surface area contributed by atoms with Crippen LogP contribution in [0.5, 0.6) is 17.2 Å². The molecule has 0 unspecified atom stereocenters. The quantitative estimate of drug-likeness (QED) is 0.382. The molecule has 104 valence electrons. The number of phenolic OH excluding ortho intramolecular Hbond substituents is 2. The van der Waals surface area contributed by atoms with E-state index in [4.69, 9.17) is 4.74 Å². The van der Waals surface area contributed by atoms with Crippen molar-refractivity contribution in [3.05, 3.63) is 41.7 Å². The van der Waals surface area contributed by atoms with Gasteiger partial charge < -0.3 is 19.9 Å².